The molecule has 0 aliphatic rings. The summed E-state index contributed by atoms with van der Waals surface area (Å²) in [5, 5.41) is 3.63. The second-order valence-electron chi connectivity index (χ2n) is 5.97. The summed E-state index contributed by atoms with van der Waals surface area (Å²) >= 11 is 12.0. The van der Waals surface area contributed by atoms with Gasteiger partial charge in [0, 0.05) is 18.8 Å². The molecule has 0 aliphatic heterocycles. The number of halogens is 2. The number of hydrogen-bond acceptors (Lipinski definition) is 2. The highest BCUT2D eigenvalue weighted by Gasteiger charge is 2.12. The molecule has 2 amide bonds. The predicted octanol–water partition coefficient (Wildman–Crippen LogP) is 4.72. The molecular formula is C20H20Cl2N2O2. The minimum absolute atomic E-state index is 0.0557. The van der Waals surface area contributed by atoms with Crippen molar-refractivity contribution in [2.45, 2.75) is 13.8 Å². The highest BCUT2D eigenvalue weighted by atomic mass is 35.5. The molecule has 2 aromatic rings. The Kier molecular flexibility index (Phi) is 6.83. The zero-order valence-electron chi connectivity index (χ0n) is 14.8. The van der Waals surface area contributed by atoms with E-state index in [0.717, 1.165) is 16.8 Å². The van der Waals surface area contributed by atoms with Crippen molar-refractivity contribution < 1.29 is 9.59 Å². The van der Waals surface area contributed by atoms with Gasteiger partial charge in [0.2, 0.25) is 11.8 Å². The fraction of sp³-hybridized carbons (Fsp3) is 0.200. The number of hydrogen-bond donors (Lipinski definition) is 1. The number of carbonyl (C=O) groups is 2. The van der Waals surface area contributed by atoms with Gasteiger partial charge in [-0.2, -0.15) is 0 Å². The molecule has 0 atom stereocenters. The second-order valence-corrected chi connectivity index (χ2v) is 6.75. The molecule has 0 unspecified atom stereocenters. The molecule has 4 nitrogen and oxygen atoms in total. The molecule has 0 spiro atoms. The smallest absolute Gasteiger partial charge is 0.246 e. The summed E-state index contributed by atoms with van der Waals surface area (Å²) in [6.07, 6.45) is 2.94. The standard InChI is InChI=1S/C20H20Cl2N2O2/c1-13-6-4-9-17(14(13)2)23-18(25)12-24(3)19(26)11-10-15-7-5-8-16(21)20(15)22/h4-11H,12H2,1-3H3,(H,23,25)/b11-10+. The Morgan fingerprint density at radius 3 is 2.54 bits per heavy atom. The van der Waals surface area contributed by atoms with Crippen molar-refractivity contribution in [2.75, 3.05) is 18.9 Å². The monoisotopic (exact) mass is 390 g/mol. The van der Waals surface area contributed by atoms with Crippen molar-refractivity contribution in [1.82, 2.24) is 4.90 Å². The Balaban J connectivity index is 1.98. The minimum Gasteiger partial charge on any atom is -0.333 e. The minimum atomic E-state index is -0.308. The van der Waals surface area contributed by atoms with Crippen LogP contribution in [0.5, 0.6) is 0 Å². The maximum atomic E-state index is 12.2. The number of rotatable bonds is 5. The van der Waals surface area contributed by atoms with Crippen LogP contribution in [0.4, 0.5) is 5.69 Å². The fourth-order valence-corrected chi connectivity index (χ4v) is 2.68. The first-order valence-corrected chi connectivity index (χ1v) is 8.78. The number of likely N-dealkylation sites (N-methyl/N-ethyl adjacent to an activating group) is 1. The van der Waals surface area contributed by atoms with Crippen molar-refractivity contribution >= 4 is 46.8 Å². The lowest BCUT2D eigenvalue weighted by Gasteiger charge is -2.16. The summed E-state index contributed by atoms with van der Waals surface area (Å²) in [5.74, 6) is -0.569. The molecule has 0 fully saturated rings. The molecule has 0 saturated heterocycles. The highest BCUT2D eigenvalue weighted by Crippen LogP contribution is 2.26. The van der Waals surface area contributed by atoms with E-state index < -0.39 is 0 Å². The predicted molar refractivity (Wildman–Crippen MR) is 108 cm³/mol. The Morgan fingerprint density at radius 1 is 1.12 bits per heavy atom. The maximum Gasteiger partial charge on any atom is 0.246 e. The topological polar surface area (TPSA) is 49.4 Å². The van der Waals surface area contributed by atoms with Crippen LogP contribution in [0.15, 0.2) is 42.5 Å². The van der Waals surface area contributed by atoms with Gasteiger partial charge < -0.3 is 10.2 Å². The zero-order valence-corrected chi connectivity index (χ0v) is 16.4. The SMILES string of the molecule is Cc1cccc(NC(=O)CN(C)C(=O)/C=C/c2cccc(Cl)c2Cl)c1C. The number of anilines is 1. The van der Waals surface area contributed by atoms with E-state index in [1.165, 1.54) is 11.0 Å². The average molecular weight is 391 g/mol. The molecule has 0 radical (unpaired) electrons. The third-order valence-corrected chi connectivity index (χ3v) is 4.86. The Hall–Kier alpha value is -2.30. The molecular weight excluding hydrogens is 371 g/mol. The summed E-state index contributed by atoms with van der Waals surface area (Å²) in [5.41, 5.74) is 3.48. The maximum absolute atomic E-state index is 12.2. The van der Waals surface area contributed by atoms with Crippen molar-refractivity contribution in [1.29, 1.82) is 0 Å². The summed E-state index contributed by atoms with van der Waals surface area (Å²) < 4.78 is 0. The molecule has 0 saturated carbocycles. The van der Waals surface area contributed by atoms with Gasteiger partial charge in [-0.3, -0.25) is 9.59 Å². The average Bonchev–Trinajstić information content (AvgIpc) is 2.60. The summed E-state index contributed by atoms with van der Waals surface area (Å²) in [6.45, 7) is 3.86. The normalized spacial score (nSPS) is 10.8. The van der Waals surface area contributed by atoms with E-state index in [-0.39, 0.29) is 18.4 Å². The van der Waals surface area contributed by atoms with E-state index in [1.807, 2.05) is 32.0 Å². The number of amides is 2. The van der Waals surface area contributed by atoms with E-state index in [4.69, 9.17) is 23.2 Å². The quantitative estimate of drug-likeness (QED) is 0.750. The van der Waals surface area contributed by atoms with Gasteiger partial charge in [0.05, 0.1) is 16.6 Å². The van der Waals surface area contributed by atoms with Crippen LogP contribution in [0.1, 0.15) is 16.7 Å². The molecule has 0 aliphatic carbocycles. The van der Waals surface area contributed by atoms with E-state index in [9.17, 15) is 9.59 Å². The third kappa shape index (κ3) is 5.10. The highest BCUT2D eigenvalue weighted by molar-refractivity contribution is 6.42. The molecule has 136 valence electrons. The largest absolute Gasteiger partial charge is 0.333 e. The number of carbonyl (C=O) groups excluding carboxylic acids is 2. The van der Waals surface area contributed by atoms with Crippen LogP contribution in [-0.4, -0.2) is 30.3 Å². The van der Waals surface area contributed by atoms with Gasteiger partial charge in [0.15, 0.2) is 0 Å². The third-order valence-electron chi connectivity index (χ3n) is 4.02. The molecule has 2 aromatic carbocycles. The molecule has 26 heavy (non-hydrogen) atoms. The second kappa shape index (κ2) is 8.88. The molecule has 0 aromatic heterocycles. The van der Waals surface area contributed by atoms with Crippen LogP contribution in [-0.2, 0) is 9.59 Å². The number of aryl methyl sites for hydroxylation is 1. The van der Waals surface area contributed by atoms with Gasteiger partial charge in [-0.05, 0) is 48.7 Å². The van der Waals surface area contributed by atoms with Gasteiger partial charge in [0.25, 0.3) is 0 Å². The zero-order chi connectivity index (χ0) is 19.3. The molecule has 2 rings (SSSR count). The molecule has 0 heterocycles. The Bertz CT molecular complexity index is 863. The van der Waals surface area contributed by atoms with Gasteiger partial charge in [-0.25, -0.2) is 0 Å². The van der Waals surface area contributed by atoms with Crippen LogP contribution < -0.4 is 5.32 Å². The molecule has 0 bridgehead atoms. The molecule has 6 heteroatoms. The van der Waals surface area contributed by atoms with E-state index in [2.05, 4.69) is 5.32 Å². The van der Waals surface area contributed by atoms with E-state index in [1.54, 1.807) is 31.3 Å². The number of nitrogens with one attached hydrogen (secondary N) is 1. The fourth-order valence-electron chi connectivity index (χ4n) is 2.31. The van der Waals surface area contributed by atoms with Crippen molar-refractivity contribution in [3.05, 3.63) is 69.2 Å². The Morgan fingerprint density at radius 2 is 1.81 bits per heavy atom. The lowest BCUT2D eigenvalue weighted by atomic mass is 10.1. The van der Waals surface area contributed by atoms with Crippen molar-refractivity contribution in [3.63, 3.8) is 0 Å². The lowest BCUT2D eigenvalue weighted by Crippen LogP contribution is -2.34. The van der Waals surface area contributed by atoms with E-state index >= 15 is 0 Å². The summed E-state index contributed by atoms with van der Waals surface area (Å²) in [6, 6.07) is 10.9. The van der Waals surface area contributed by atoms with Crippen LogP contribution in [0.3, 0.4) is 0 Å². The first kappa shape index (κ1) is 20.0. The van der Waals surface area contributed by atoms with Crippen LogP contribution in [0, 0.1) is 13.8 Å². The number of nitrogens with zero attached hydrogens (tertiary/aromatic N) is 1. The summed E-state index contributed by atoms with van der Waals surface area (Å²) in [4.78, 5) is 25.7. The van der Waals surface area contributed by atoms with Crippen molar-refractivity contribution in [2.24, 2.45) is 0 Å². The van der Waals surface area contributed by atoms with Gasteiger partial charge in [-0.1, -0.05) is 47.5 Å². The first-order valence-electron chi connectivity index (χ1n) is 8.03. The van der Waals surface area contributed by atoms with Crippen molar-refractivity contribution in [3.8, 4) is 0 Å². The van der Waals surface area contributed by atoms with Crippen LogP contribution in [0.25, 0.3) is 6.08 Å². The van der Waals surface area contributed by atoms with Crippen LogP contribution in [0.2, 0.25) is 10.0 Å². The van der Waals surface area contributed by atoms with Gasteiger partial charge in [-0.15, -0.1) is 0 Å². The molecule has 1 N–H and O–H groups in total. The van der Waals surface area contributed by atoms with E-state index in [0.29, 0.717) is 15.6 Å². The lowest BCUT2D eigenvalue weighted by molar-refractivity contribution is -0.129. The van der Waals surface area contributed by atoms with Gasteiger partial charge in [0.1, 0.15) is 0 Å². The van der Waals surface area contributed by atoms with Gasteiger partial charge >= 0.3 is 0 Å². The number of benzene rings is 2. The Labute approximate surface area is 163 Å². The summed E-state index contributed by atoms with van der Waals surface area (Å²) in [7, 11) is 1.56. The van der Waals surface area contributed by atoms with Crippen LogP contribution >= 0.6 is 23.2 Å². The first-order chi connectivity index (χ1) is 12.3.